The number of benzene rings is 3. The van der Waals surface area contributed by atoms with E-state index in [1.165, 1.54) is 5.56 Å². The topological polar surface area (TPSA) is 114 Å². The number of rotatable bonds is 7. The highest BCUT2D eigenvalue weighted by molar-refractivity contribution is 6.04. The maximum atomic E-state index is 13.1. The predicted octanol–water partition coefficient (Wildman–Crippen LogP) is 4.55. The first-order chi connectivity index (χ1) is 18.9. The lowest BCUT2D eigenvalue weighted by atomic mass is 9.95. The third-order valence-electron chi connectivity index (χ3n) is 8.37. The molecule has 7 heteroatoms. The van der Waals surface area contributed by atoms with E-state index in [1.807, 2.05) is 48.5 Å². The van der Waals surface area contributed by atoms with Crippen LogP contribution >= 0.6 is 0 Å². The second kappa shape index (κ2) is 9.91. The summed E-state index contributed by atoms with van der Waals surface area (Å²) in [6.45, 7) is 2.54. The third-order valence-corrected chi connectivity index (χ3v) is 8.37. The molecule has 1 saturated heterocycles. The maximum absolute atomic E-state index is 13.1. The Labute approximate surface area is 228 Å². The number of nitrogens with two attached hydrogens (primary N) is 2. The molecule has 5 N–H and O–H groups in total. The van der Waals surface area contributed by atoms with Crippen molar-refractivity contribution in [2.75, 3.05) is 25.5 Å². The summed E-state index contributed by atoms with van der Waals surface area (Å²) < 4.78 is 0. The van der Waals surface area contributed by atoms with Gasteiger partial charge < -0.3 is 21.7 Å². The van der Waals surface area contributed by atoms with Gasteiger partial charge in [-0.05, 0) is 103 Å². The fraction of sp³-hybridized carbons (Fsp3) is 0.281. The number of amides is 2. The average molecular weight is 520 g/mol. The van der Waals surface area contributed by atoms with Gasteiger partial charge in [0.05, 0.1) is 11.1 Å². The van der Waals surface area contributed by atoms with Crippen molar-refractivity contribution in [3.8, 4) is 11.1 Å². The Morgan fingerprint density at radius 2 is 1.82 bits per heavy atom. The zero-order chi connectivity index (χ0) is 27.1. The number of primary amides is 1. The van der Waals surface area contributed by atoms with Crippen LogP contribution in [-0.2, 0) is 16.8 Å². The Kier molecular flexibility index (Phi) is 6.41. The van der Waals surface area contributed by atoms with Crippen LogP contribution in [0.15, 0.2) is 72.9 Å². The number of likely N-dealkylation sites (tertiary alicyclic amines) is 1. The number of hydrogen-bond donors (Lipinski definition) is 3. The lowest BCUT2D eigenvalue weighted by Gasteiger charge is -2.14. The highest BCUT2D eigenvalue weighted by Gasteiger charge is 2.51. The molecule has 1 aliphatic carbocycles. The number of carbonyl (C=O) groups excluding carboxylic acids is 2. The molecule has 0 spiro atoms. The Balaban J connectivity index is 1.24. The standard InChI is InChI=1S/C32H33N5O2/c1-37-13-10-25(19-37)20-2-4-21(5-3-20)30(38)36-27-9-8-24(17-33)28(16-27)23-7-6-22-15-29(35-18-26(22)14-23)32(11-12-32)31(34)39/h2-9,14-16,18,25H,10-13,17,19,33H2,1H3,(H2,34,39)(H,36,38). The van der Waals surface area contributed by atoms with Gasteiger partial charge >= 0.3 is 0 Å². The molecule has 1 aromatic heterocycles. The summed E-state index contributed by atoms with van der Waals surface area (Å²) in [6.07, 6.45) is 4.45. The van der Waals surface area contributed by atoms with Crippen molar-refractivity contribution in [2.45, 2.75) is 37.1 Å². The van der Waals surface area contributed by atoms with Crippen LogP contribution < -0.4 is 16.8 Å². The second-order valence-corrected chi connectivity index (χ2v) is 11.0. The van der Waals surface area contributed by atoms with E-state index in [9.17, 15) is 9.59 Å². The molecule has 0 radical (unpaired) electrons. The summed E-state index contributed by atoms with van der Waals surface area (Å²) in [5.74, 6) is 0.0745. The minimum atomic E-state index is -0.611. The van der Waals surface area contributed by atoms with E-state index < -0.39 is 5.41 Å². The molecule has 1 unspecified atom stereocenters. The highest BCUT2D eigenvalue weighted by atomic mass is 16.2. The number of likely N-dealkylation sites (N-methyl/N-ethyl adjacent to an activating group) is 1. The van der Waals surface area contributed by atoms with Crippen LogP contribution in [0.25, 0.3) is 21.9 Å². The fourth-order valence-electron chi connectivity index (χ4n) is 5.74. The molecular formula is C32H33N5O2. The van der Waals surface area contributed by atoms with E-state index in [0.29, 0.717) is 23.7 Å². The van der Waals surface area contributed by atoms with Gasteiger partial charge in [-0.3, -0.25) is 14.6 Å². The smallest absolute Gasteiger partial charge is 0.255 e. The molecule has 2 fully saturated rings. The number of nitrogens with one attached hydrogen (secondary N) is 1. The van der Waals surface area contributed by atoms with Crippen LogP contribution in [0.4, 0.5) is 5.69 Å². The Hall–Kier alpha value is -4.07. The lowest BCUT2D eigenvalue weighted by Crippen LogP contribution is -2.29. The monoisotopic (exact) mass is 519 g/mol. The van der Waals surface area contributed by atoms with Gasteiger partial charge in [0, 0.05) is 35.9 Å². The van der Waals surface area contributed by atoms with Crippen LogP contribution in [0.5, 0.6) is 0 Å². The molecule has 39 heavy (non-hydrogen) atoms. The quantitative estimate of drug-likeness (QED) is 0.331. The van der Waals surface area contributed by atoms with Gasteiger partial charge in [-0.15, -0.1) is 0 Å². The number of carbonyl (C=O) groups is 2. The SMILES string of the molecule is CN1CCC(c2ccc(C(=O)Nc3ccc(CN)c(-c4ccc5cc(C6(C(N)=O)CC6)ncc5c4)c3)cc2)C1. The maximum Gasteiger partial charge on any atom is 0.255 e. The van der Waals surface area contributed by atoms with Crippen LogP contribution in [-0.4, -0.2) is 41.8 Å². The molecule has 1 aliphatic heterocycles. The molecule has 6 rings (SSSR count). The van der Waals surface area contributed by atoms with Crippen LogP contribution in [0, 0.1) is 0 Å². The fourth-order valence-corrected chi connectivity index (χ4v) is 5.74. The van der Waals surface area contributed by atoms with Crippen LogP contribution in [0.3, 0.4) is 0 Å². The summed E-state index contributed by atoms with van der Waals surface area (Å²) >= 11 is 0. The van der Waals surface area contributed by atoms with Crippen molar-refractivity contribution < 1.29 is 9.59 Å². The first kappa shape index (κ1) is 25.2. The number of fused-ring (bicyclic) bond motifs is 1. The normalized spacial score (nSPS) is 18.3. The first-order valence-electron chi connectivity index (χ1n) is 13.5. The molecule has 2 heterocycles. The summed E-state index contributed by atoms with van der Waals surface area (Å²) in [7, 11) is 2.14. The molecule has 1 saturated carbocycles. The Morgan fingerprint density at radius 1 is 1.03 bits per heavy atom. The first-order valence-corrected chi connectivity index (χ1v) is 13.5. The van der Waals surface area contributed by atoms with E-state index >= 15 is 0 Å². The summed E-state index contributed by atoms with van der Waals surface area (Å²) in [5.41, 5.74) is 17.4. The lowest BCUT2D eigenvalue weighted by molar-refractivity contribution is -0.120. The van der Waals surface area contributed by atoms with Crippen molar-refractivity contribution in [1.82, 2.24) is 9.88 Å². The third kappa shape index (κ3) is 4.80. The molecule has 4 aromatic rings. The summed E-state index contributed by atoms with van der Waals surface area (Å²) in [5, 5.41) is 5.01. The Morgan fingerprint density at radius 3 is 2.49 bits per heavy atom. The van der Waals surface area contributed by atoms with Gasteiger partial charge in [0.25, 0.3) is 5.91 Å². The van der Waals surface area contributed by atoms with E-state index in [1.54, 1.807) is 6.20 Å². The zero-order valence-electron chi connectivity index (χ0n) is 22.1. The summed E-state index contributed by atoms with van der Waals surface area (Å²) in [6, 6.07) is 21.9. The second-order valence-electron chi connectivity index (χ2n) is 11.0. The molecule has 1 atom stereocenters. The van der Waals surface area contributed by atoms with Gasteiger partial charge in [0.1, 0.15) is 0 Å². The van der Waals surface area contributed by atoms with Gasteiger partial charge in [-0.2, -0.15) is 0 Å². The molecular weight excluding hydrogens is 486 g/mol. The van der Waals surface area contributed by atoms with Crippen molar-refractivity contribution in [3.63, 3.8) is 0 Å². The van der Waals surface area contributed by atoms with Crippen molar-refractivity contribution in [3.05, 3.63) is 95.3 Å². The van der Waals surface area contributed by atoms with Gasteiger partial charge in [-0.1, -0.05) is 30.3 Å². The molecule has 198 valence electrons. The summed E-state index contributed by atoms with van der Waals surface area (Å²) in [4.78, 5) is 31.9. The van der Waals surface area contributed by atoms with Crippen LogP contribution in [0.1, 0.15) is 52.4 Å². The molecule has 3 aromatic carbocycles. The number of anilines is 1. The number of nitrogens with zero attached hydrogens (tertiary/aromatic N) is 2. The van der Waals surface area contributed by atoms with Crippen molar-refractivity contribution in [1.29, 1.82) is 0 Å². The van der Waals surface area contributed by atoms with Gasteiger partial charge in [0.15, 0.2) is 0 Å². The highest BCUT2D eigenvalue weighted by Crippen LogP contribution is 2.47. The van der Waals surface area contributed by atoms with Crippen LogP contribution in [0.2, 0.25) is 0 Å². The average Bonchev–Trinajstić information content (AvgIpc) is 3.67. The molecule has 2 amide bonds. The minimum absolute atomic E-state index is 0.143. The van der Waals surface area contributed by atoms with E-state index in [0.717, 1.165) is 65.5 Å². The van der Waals surface area contributed by atoms with E-state index in [4.69, 9.17) is 11.5 Å². The van der Waals surface area contributed by atoms with Crippen molar-refractivity contribution >= 4 is 28.3 Å². The Bertz CT molecular complexity index is 1580. The zero-order valence-corrected chi connectivity index (χ0v) is 22.1. The molecule has 0 bridgehead atoms. The largest absolute Gasteiger partial charge is 0.369 e. The number of hydrogen-bond acceptors (Lipinski definition) is 5. The molecule has 2 aliphatic rings. The predicted molar refractivity (Wildman–Crippen MR) is 154 cm³/mol. The molecule has 7 nitrogen and oxygen atoms in total. The number of pyridine rings is 1. The van der Waals surface area contributed by atoms with Gasteiger partial charge in [0.2, 0.25) is 5.91 Å². The number of aromatic nitrogens is 1. The van der Waals surface area contributed by atoms with E-state index in [-0.39, 0.29) is 11.8 Å². The minimum Gasteiger partial charge on any atom is -0.369 e. The van der Waals surface area contributed by atoms with E-state index in [2.05, 4.69) is 40.4 Å². The van der Waals surface area contributed by atoms with Gasteiger partial charge in [-0.25, -0.2) is 0 Å². The van der Waals surface area contributed by atoms with Crippen molar-refractivity contribution in [2.24, 2.45) is 11.5 Å².